The van der Waals surface area contributed by atoms with Crippen molar-refractivity contribution in [1.29, 1.82) is 0 Å². The Morgan fingerprint density at radius 2 is 1.58 bits per heavy atom. The number of hydrogen-bond acceptors (Lipinski definition) is 6. The predicted octanol–water partition coefficient (Wildman–Crippen LogP) is 3.90. The third-order valence-corrected chi connectivity index (χ3v) is 4.13. The number of carbonyl (C=O) groups is 2. The fourth-order valence-corrected chi connectivity index (χ4v) is 2.75. The average Bonchev–Trinajstić information content (AvgIpc) is 2.66. The molecule has 2 rings (SSSR count). The van der Waals surface area contributed by atoms with E-state index in [9.17, 15) is 9.59 Å². The fourth-order valence-electron chi connectivity index (χ4n) is 2.21. The quantitative estimate of drug-likeness (QED) is 0.474. The monoisotopic (exact) mass is 422 g/mol. The molecule has 2 aromatic rings. The molecule has 6 nitrogen and oxygen atoms in total. The molecule has 0 bridgehead atoms. The molecule has 0 saturated carbocycles. The number of esters is 1. The van der Waals surface area contributed by atoms with Crippen molar-refractivity contribution in [3.8, 4) is 17.2 Å². The number of hydrogen-bond donors (Lipinski definition) is 0. The van der Waals surface area contributed by atoms with Crippen molar-refractivity contribution < 1.29 is 28.5 Å². The minimum Gasteiger partial charge on any atom is -0.496 e. The largest absolute Gasteiger partial charge is 0.496 e. The molecule has 0 saturated heterocycles. The molecule has 0 atom stereocenters. The summed E-state index contributed by atoms with van der Waals surface area (Å²) in [6.07, 6.45) is 0. The molecular weight excluding hydrogens is 404 g/mol. The van der Waals surface area contributed by atoms with Gasteiger partial charge in [0.2, 0.25) is 0 Å². The van der Waals surface area contributed by atoms with Crippen LogP contribution in [0.2, 0.25) is 0 Å². The van der Waals surface area contributed by atoms with Crippen LogP contribution in [-0.4, -0.2) is 39.2 Å². The molecule has 7 heteroatoms. The van der Waals surface area contributed by atoms with Crippen LogP contribution in [0, 0.1) is 0 Å². The van der Waals surface area contributed by atoms with Gasteiger partial charge in [0.1, 0.15) is 5.75 Å². The lowest BCUT2D eigenvalue weighted by Gasteiger charge is -2.11. The van der Waals surface area contributed by atoms with E-state index in [4.69, 9.17) is 18.9 Å². The van der Waals surface area contributed by atoms with E-state index in [1.165, 1.54) is 20.3 Å². The minimum absolute atomic E-state index is 0.272. The molecule has 0 unspecified atom stereocenters. The summed E-state index contributed by atoms with van der Waals surface area (Å²) in [5, 5.41) is 0. The second-order valence-electron chi connectivity index (χ2n) is 5.15. The molecule has 0 radical (unpaired) electrons. The lowest BCUT2D eigenvalue weighted by atomic mass is 10.1. The van der Waals surface area contributed by atoms with Gasteiger partial charge in [-0.3, -0.25) is 4.79 Å². The van der Waals surface area contributed by atoms with Crippen LogP contribution in [-0.2, 0) is 4.74 Å². The Hall–Kier alpha value is -2.54. The van der Waals surface area contributed by atoms with Gasteiger partial charge in [0.05, 0.1) is 30.9 Å². The SMILES string of the molecule is CCOc1ccc(C(=O)OCC(=O)c2ccc(OC)c(Br)c2)cc1OC. The van der Waals surface area contributed by atoms with Crippen LogP contribution in [0.5, 0.6) is 17.2 Å². The van der Waals surface area contributed by atoms with Gasteiger partial charge in [-0.15, -0.1) is 0 Å². The maximum atomic E-state index is 12.2. The van der Waals surface area contributed by atoms with Crippen LogP contribution in [0.4, 0.5) is 0 Å². The topological polar surface area (TPSA) is 71.1 Å². The summed E-state index contributed by atoms with van der Waals surface area (Å²) < 4.78 is 21.5. The normalized spacial score (nSPS) is 10.2. The lowest BCUT2D eigenvalue weighted by Crippen LogP contribution is -2.14. The Kier molecular flexibility index (Phi) is 7.03. The number of rotatable bonds is 8. The van der Waals surface area contributed by atoms with Gasteiger partial charge >= 0.3 is 5.97 Å². The van der Waals surface area contributed by atoms with E-state index in [1.807, 2.05) is 6.92 Å². The van der Waals surface area contributed by atoms with E-state index < -0.39 is 5.97 Å². The van der Waals surface area contributed by atoms with Crippen LogP contribution in [0.25, 0.3) is 0 Å². The highest BCUT2D eigenvalue weighted by Gasteiger charge is 2.15. The molecule has 138 valence electrons. The van der Waals surface area contributed by atoms with E-state index in [1.54, 1.807) is 30.3 Å². The number of carbonyl (C=O) groups excluding carboxylic acids is 2. The van der Waals surface area contributed by atoms with E-state index in [0.29, 0.717) is 33.9 Å². The van der Waals surface area contributed by atoms with Gasteiger partial charge in [-0.1, -0.05) is 0 Å². The molecule has 0 fully saturated rings. The van der Waals surface area contributed by atoms with Crippen LogP contribution in [0.1, 0.15) is 27.6 Å². The molecule has 0 N–H and O–H groups in total. The fraction of sp³-hybridized carbons (Fsp3) is 0.263. The summed E-state index contributed by atoms with van der Waals surface area (Å²) in [7, 11) is 3.02. The average molecular weight is 423 g/mol. The van der Waals surface area contributed by atoms with Crippen molar-refractivity contribution in [3.63, 3.8) is 0 Å². The predicted molar refractivity (Wildman–Crippen MR) is 99.5 cm³/mol. The zero-order valence-corrected chi connectivity index (χ0v) is 16.3. The molecule has 0 amide bonds. The number of ketones is 1. The number of methoxy groups -OCH3 is 2. The molecule has 0 aliphatic heterocycles. The van der Waals surface area contributed by atoms with Crippen LogP contribution < -0.4 is 14.2 Å². The smallest absolute Gasteiger partial charge is 0.338 e. The van der Waals surface area contributed by atoms with Crippen LogP contribution in [0.3, 0.4) is 0 Å². The van der Waals surface area contributed by atoms with Crippen LogP contribution in [0.15, 0.2) is 40.9 Å². The highest BCUT2D eigenvalue weighted by Crippen LogP contribution is 2.28. The molecule has 0 aliphatic rings. The Labute approximate surface area is 160 Å². The van der Waals surface area contributed by atoms with Crippen molar-refractivity contribution in [2.45, 2.75) is 6.92 Å². The summed E-state index contributed by atoms with van der Waals surface area (Å²) >= 11 is 3.32. The van der Waals surface area contributed by atoms with Crippen LogP contribution >= 0.6 is 15.9 Å². The third-order valence-electron chi connectivity index (χ3n) is 3.51. The summed E-state index contributed by atoms with van der Waals surface area (Å²) in [6, 6.07) is 9.60. The van der Waals surface area contributed by atoms with Gasteiger partial charge in [0, 0.05) is 5.56 Å². The van der Waals surface area contributed by atoms with Gasteiger partial charge in [0.15, 0.2) is 23.9 Å². The van der Waals surface area contributed by atoms with Crippen molar-refractivity contribution in [2.75, 3.05) is 27.4 Å². The highest BCUT2D eigenvalue weighted by molar-refractivity contribution is 9.10. The molecule has 0 spiro atoms. The van der Waals surface area contributed by atoms with Crippen molar-refractivity contribution in [3.05, 3.63) is 52.0 Å². The first-order chi connectivity index (χ1) is 12.5. The number of benzene rings is 2. The Bertz CT molecular complexity index is 803. The van der Waals surface area contributed by atoms with Gasteiger partial charge < -0.3 is 18.9 Å². The number of ether oxygens (including phenoxy) is 4. The second-order valence-corrected chi connectivity index (χ2v) is 6.00. The molecule has 0 aliphatic carbocycles. The third kappa shape index (κ3) is 4.76. The van der Waals surface area contributed by atoms with Crippen molar-refractivity contribution in [1.82, 2.24) is 0 Å². The minimum atomic E-state index is -0.618. The van der Waals surface area contributed by atoms with Gasteiger partial charge in [-0.05, 0) is 59.3 Å². The maximum Gasteiger partial charge on any atom is 0.338 e. The van der Waals surface area contributed by atoms with E-state index in [-0.39, 0.29) is 18.0 Å². The van der Waals surface area contributed by atoms with Gasteiger partial charge in [-0.2, -0.15) is 0 Å². The van der Waals surface area contributed by atoms with E-state index in [0.717, 1.165) is 0 Å². The number of halogens is 1. The van der Waals surface area contributed by atoms with Gasteiger partial charge in [-0.25, -0.2) is 4.79 Å². The summed E-state index contributed by atoms with van der Waals surface area (Å²) in [4.78, 5) is 24.4. The van der Waals surface area contributed by atoms with E-state index in [2.05, 4.69) is 15.9 Å². The zero-order valence-electron chi connectivity index (χ0n) is 14.7. The van der Waals surface area contributed by atoms with Crippen molar-refractivity contribution >= 4 is 27.7 Å². The summed E-state index contributed by atoms with van der Waals surface area (Å²) in [5.74, 6) is 0.629. The Morgan fingerprint density at radius 3 is 2.19 bits per heavy atom. The van der Waals surface area contributed by atoms with Gasteiger partial charge in [0.25, 0.3) is 0 Å². The lowest BCUT2D eigenvalue weighted by molar-refractivity contribution is 0.0474. The maximum absolute atomic E-state index is 12.2. The van der Waals surface area contributed by atoms with Crippen molar-refractivity contribution in [2.24, 2.45) is 0 Å². The first kappa shape index (κ1) is 19.8. The zero-order chi connectivity index (χ0) is 19.1. The standard InChI is InChI=1S/C19H19BrO6/c1-4-25-17-8-6-13(10-18(17)24-3)19(22)26-11-15(21)12-5-7-16(23-2)14(20)9-12/h5-10H,4,11H2,1-3H3. The Morgan fingerprint density at radius 1 is 0.923 bits per heavy atom. The summed E-state index contributed by atoms with van der Waals surface area (Å²) in [6.45, 7) is 1.96. The molecule has 0 heterocycles. The molecule has 0 aromatic heterocycles. The number of Topliss-reactive ketones (excluding diaryl/α,β-unsaturated/α-hetero) is 1. The first-order valence-electron chi connectivity index (χ1n) is 7.84. The summed E-state index contributed by atoms with van der Waals surface area (Å²) in [5.41, 5.74) is 0.684. The van der Waals surface area contributed by atoms with E-state index >= 15 is 0 Å². The molecular formula is C19H19BrO6. The molecule has 26 heavy (non-hydrogen) atoms. The Balaban J connectivity index is 2.04. The second kappa shape index (κ2) is 9.24. The highest BCUT2D eigenvalue weighted by atomic mass is 79.9. The molecule has 2 aromatic carbocycles. The first-order valence-corrected chi connectivity index (χ1v) is 8.64.